The van der Waals surface area contributed by atoms with Gasteiger partial charge in [0.1, 0.15) is 18.8 Å². The average Bonchev–Trinajstić information content (AvgIpc) is 3.07. The van der Waals surface area contributed by atoms with Gasteiger partial charge in [-0.25, -0.2) is 0 Å². The molecule has 1 saturated heterocycles. The number of piperazine rings is 1. The number of fused-ring (bicyclic) bond motifs is 1. The van der Waals surface area contributed by atoms with Gasteiger partial charge in [0.2, 0.25) is 5.91 Å². The molecule has 46 heavy (non-hydrogen) atoms. The highest BCUT2D eigenvalue weighted by Gasteiger charge is 2.24. The van der Waals surface area contributed by atoms with Crippen LogP contribution in [0.15, 0.2) is 36.4 Å². The fourth-order valence-corrected chi connectivity index (χ4v) is 6.41. The van der Waals surface area contributed by atoms with Crippen molar-refractivity contribution in [2.75, 3.05) is 63.0 Å². The largest absolute Gasteiger partial charge is 0.494 e. The van der Waals surface area contributed by atoms with Gasteiger partial charge in [-0.15, -0.1) is 0 Å². The van der Waals surface area contributed by atoms with E-state index in [0.717, 1.165) is 93.8 Å². The summed E-state index contributed by atoms with van der Waals surface area (Å²) in [7, 11) is 1.61. The van der Waals surface area contributed by atoms with Crippen molar-refractivity contribution in [3.8, 4) is 5.75 Å². The molecule has 2 aromatic rings. The Morgan fingerprint density at radius 2 is 1.54 bits per heavy atom. The summed E-state index contributed by atoms with van der Waals surface area (Å²) in [6.45, 7) is 8.15. The third kappa shape index (κ3) is 13.1. The van der Waals surface area contributed by atoms with Crippen LogP contribution in [0.2, 0.25) is 10.0 Å². The molecule has 0 aromatic heterocycles. The number of carbonyl (C=O) groups excluding carboxylic acids is 2. The van der Waals surface area contributed by atoms with Crippen molar-refractivity contribution in [2.24, 2.45) is 0 Å². The predicted octanol–water partition coefficient (Wildman–Crippen LogP) is 8.96. The van der Waals surface area contributed by atoms with E-state index in [0.29, 0.717) is 23.1 Å². The zero-order valence-corrected chi connectivity index (χ0v) is 29.6. The molecular weight excluding hydrogens is 621 g/mol. The summed E-state index contributed by atoms with van der Waals surface area (Å²) in [5, 5.41) is 1.25. The van der Waals surface area contributed by atoms with Gasteiger partial charge in [0, 0.05) is 52.2 Å². The Labute approximate surface area is 287 Å². The van der Waals surface area contributed by atoms with Crippen LogP contribution in [0, 0.1) is 0 Å². The summed E-state index contributed by atoms with van der Waals surface area (Å²) in [5.74, 6) is 0.899. The van der Waals surface area contributed by atoms with Gasteiger partial charge < -0.3 is 19.2 Å². The molecule has 4 rings (SSSR count). The van der Waals surface area contributed by atoms with Gasteiger partial charge in [0.15, 0.2) is 0 Å². The minimum absolute atomic E-state index is 0.0965. The Bertz CT molecular complexity index is 1170. The second kappa shape index (κ2) is 22.3. The van der Waals surface area contributed by atoms with Crippen LogP contribution in [-0.4, -0.2) is 70.3 Å². The Balaban J connectivity index is 0.000000376. The number of rotatable bonds is 19. The highest BCUT2D eigenvalue weighted by Crippen LogP contribution is 2.33. The number of anilines is 2. The second-order valence-corrected chi connectivity index (χ2v) is 13.1. The molecule has 1 fully saturated rings. The molecule has 256 valence electrons. The fourth-order valence-electron chi connectivity index (χ4n) is 5.99. The van der Waals surface area contributed by atoms with Crippen molar-refractivity contribution >= 4 is 46.8 Å². The third-order valence-electron chi connectivity index (χ3n) is 8.72. The zero-order valence-electron chi connectivity index (χ0n) is 28.1. The first-order valence-electron chi connectivity index (χ1n) is 17.4. The van der Waals surface area contributed by atoms with E-state index in [4.69, 9.17) is 32.7 Å². The number of unbranched alkanes of at least 4 members (excludes halogenated alkanes) is 10. The number of nitrogens with zero attached hydrogens (tertiary/aromatic N) is 3. The quantitative estimate of drug-likeness (QED) is 0.109. The zero-order chi connectivity index (χ0) is 33.0. The molecule has 0 bridgehead atoms. The number of hydrogen-bond acceptors (Lipinski definition) is 6. The predicted molar refractivity (Wildman–Crippen MR) is 192 cm³/mol. The summed E-state index contributed by atoms with van der Waals surface area (Å²) in [4.78, 5) is 28.7. The number of aldehydes is 1. The van der Waals surface area contributed by atoms with E-state index in [2.05, 4.69) is 22.8 Å². The van der Waals surface area contributed by atoms with Crippen molar-refractivity contribution in [1.82, 2.24) is 4.90 Å². The van der Waals surface area contributed by atoms with Gasteiger partial charge >= 0.3 is 0 Å². The molecule has 0 N–H and O–H groups in total. The van der Waals surface area contributed by atoms with Crippen LogP contribution in [0.3, 0.4) is 0 Å². The third-order valence-corrected chi connectivity index (χ3v) is 9.53. The number of benzene rings is 2. The minimum Gasteiger partial charge on any atom is -0.494 e. The van der Waals surface area contributed by atoms with Crippen LogP contribution in [0.4, 0.5) is 11.4 Å². The molecule has 2 aromatic carbocycles. The van der Waals surface area contributed by atoms with Gasteiger partial charge in [0.05, 0.1) is 28.0 Å². The van der Waals surface area contributed by atoms with Gasteiger partial charge in [0.25, 0.3) is 0 Å². The standard InChI is InChI=1S/C25H31Cl2N3O3.C12H24O/c1-32-18-30-23-17-20(9-7-19(23)8-10-24(30)31)33-16-3-2-11-28-12-14-29(15-13-28)22-6-4-5-21(26)25(22)27;1-2-3-4-5-6-7-8-9-10-11-12-13/h4-7,9,17H,2-3,8,10-16,18H2,1H3;12H,2-11H2,1H3. The fraction of sp³-hybridized carbons (Fsp3) is 0.622. The number of halogens is 2. The molecule has 2 aliphatic rings. The molecule has 0 unspecified atom stereocenters. The van der Waals surface area contributed by atoms with Crippen LogP contribution in [-0.2, 0) is 20.7 Å². The van der Waals surface area contributed by atoms with Crippen LogP contribution in [0.1, 0.15) is 96.0 Å². The Kier molecular flexibility index (Phi) is 18.5. The number of aryl methyl sites for hydroxylation is 1. The van der Waals surface area contributed by atoms with Crippen LogP contribution in [0.25, 0.3) is 0 Å². The molecular formula is C37H55Cl2N3O4. The maximum atomic E-state index is 12.2. The van der Waals surface area contributed by atoms with Gasteiger partial charge in [-0.05, 0) is 56.0 Å². The van der Waals surface area contributed by atoms with E-state index in [9.17, 15) is 9.59 Å². The highest BCUT2D eigenvalue weighted by atomic mass is 35.5. The van der Waals surface area contributed by atoms with Gasteiger partial charge in [-0.3, -0.25) is 14.6 Å². The van der Waals surface area contributed by atoms with Crippen molar-refractivity contribution < 1.29 is 19.1 Å². The van der Waals surface area contributed by atoms with E-state index in [1.807, 2.05) is 30.3 Å². The minimum atomic E-state index is 0.0965. The monoisotopic (exact) mass is 675 g/mol. The topological polar surface area (TPSA) is 62.3 Å². The second-order valence-electron chi connectivity index (χ2n) is 12.3. The van der Waals surface area contributed by atoms with E-state index in [1.54, 1.807) is 12.0 Å². The molecule has 1 amide bonds. The summed E-state index contributed by atoms with van der Waals surface area (Å²) in [6, 6.07) is 11.8. The molecule has 9 heteroatoms. The van der Waals surface area contributed by atoms with Gasteiger partial charge in [-0.2, -0.15) is 0 Å². The highest BCUT2D eigenvalue weighted by molar-refractivity contribution is 6.43. The van der Waals surface area contributed by atoms with E-state index >= 15 is 0 Å². The lowest BCUT2D eigenvalue weighted by atomic mass is 10.0. The number of methoxy groups -OCH3 is 1. The maximum absolute atomic E-state index is 12.2. The normalized spacial score (nSPS) is 14.9. The molecule has 2 aliphatic heterocycles. The van der Waals surface area contributed by atoms with Crippen molar-refractivity contribution in [3.05, 3.63) is 52.0 Å². The van der Waals surface area contributed by atoms with Crippen LogP contribution < -0.4 is 14.5 Å². The molecule has 2 heterocycles. The molecule has 0 radical (unpaired) electrons. The van der Waals surface area contributed by atoms with Crippen LogP contribution in [0.5, 0.6) is 5.75 Å². The Morgan fingerprint density at radius 3 is 2.24 bits per heavy atom. The first-order valence-corrected chi connectivity index (χ1v) is 18.1. The molecule has 0 aliphatic carbocycles. The summed E-state index contributed by atoms with van der Waals surface area (Å²) < 4.78 is 11.2. The Morgan fingerprint density at radius 1 is 0.826 bits per heavy atom. The van der Waals surface area contributed by atoms with E-state index < -0.39 is 0 Å². The molecule has 0 atom stereocenters. The smallest absolute Gasteiger partial charge is 0.229 e. The summed E-state index contributed by atoms with van der Waals surface area (Å²) in [5.41, 5.74) is 3.09. The molecule has 7 nitrogen and oxygen atoms in total. The molecule has 0 saturated carbocycles. The average molecular weight is 677 g/mol. The SMILES string of the molecule is CCCCCCCCCCCC=O.COCN1C(=O)CCc2ccc(OCCCCN3CCN(c4cccc(Cl)c4Cl)CC3)cc21. The maximum Gasteiger partial charge on any atom is 0.229 e. The molecule has 0 spiro atoms. The van der Waals surface area contributed by atoms with E-state index in [-0.39, 0.29) is 12.6 Å². The van der Waals surface area contributed by atoms with E-state index in [1.165, 1.54) is 51.4 Å². The van der Waals surface area contributed by atoms with Crippen LogP contribution >= 0.6 is 23.2 Å². The number of ether oxygens (including phenoxy) is 2. The lowest BCUT2D eigenvalue weighted by Gasteiger charge is -2.36. The Hall–Kier alpha value is -2.32. The lowest BCUT2D eigenvalue weighted by molar-refractivity contribution is -0.119. The number of amides is 1. The number of hydrogen-bond donors (Lipinski definition) is 0. The van der Waals surface area contributed by atoms with Gasteiger partial charge in [-0.1, -0.05) is 93.6 Å². The summed E-state index contributed by atoms with van der Waals surface area (Å²) >= 11 is 12.5. The summed E-state index contributed by atoms with van der Waals surface area (Å²) in [6.07, 6.45) is 17.1. The van der Waals surface area contributed by atoms with Crippen molar-refractivity contribution in [3.63, 3.8) is 0 Å². The number of carbonyl (C=O) groups is 2. The van der Waals surface area contributed by atoms with Crippen molar-refractivity contribution in [2.45, 2.75) is 96.8 Å². The van der Waals surface area contributed by atoms with Crippen molar-refractivity contribution in [1.29, 1.82) is 0 Å². The first kappa shape index (κ1) is 38.1. The first-order chi connectivity index (χ1) is 22.5. The lowest BCUT2D eigenvalue weighted by Crippen LogP contribution is -2.46.